The van der Waals surface area contributed by atoms with Crippen LogP contribution in [-0.4, -0.2) is 17.4 Å². The molecule has 1 amide bonds. The number of para-hydroxylation sites is 1. The normalized spacial score (nSPS) is 15.9. The molecule has 5 nitrogen and oxygen atoms in total. The maximum Gasteiger partial charge on any atom is 0.253 e. The Morgan fingerprint density at radius 3 is 2.55 bits per heavy atom. The Labute approximate surface area is 195 Å². The third-order valence-corrected chi connectivity index (χ3v) is 6.62. The highest BCUT2D eigenvalue weighted by Gasteiger charge is 2.27. The molecule has 0 aliphatic heterocycles. The van der Waals surface area contributed by atoms with Gasteiger partial charge in [0.1, 0.15) is 12.4 Å². The first-order chi connectivity index (χ1) is 16.3. The molecule has 2 aliphatic carbocycles. The lowest BCUT2D eigenvalue weighted by Crippen LogP contribution is -2.28. The minimum atomic E-state index is -0.00622. The van der Waals surface area contributed by atoms with Gasteiger partial charge in [0.2, 0.25) is 0 Å². The molecule has 33 heavy (non-hydrogen) atoms. The first-order valence-electron chi connectivity index (χ1n) is 12.1. The van der Waals surface area contributed by atoms with Gasteiger partial charge in [-0.05, 0) is 85.5 Å². The van der Waals surface area contributed by atoms with Gasteiger partial charge in [-0.1, -0.05) is 31.0 Å². The quantitative estimate of drug-likeness (QED) is 0.415. The van der Waals surface area contributed by atoms with Crippen LogP contribution in [0.25, 0.3) is 0 Å². The molecule has 5 heteroatoms. The molecule has 2 aromatic carbocycles. The molecule has 2 fully saturated rings. The average molecular weight is 442 g/mol. The summed E-state index contributed by atoms with van der Waals surface area (Å²) >= 11 is 0. The van der Waals surface area contributed by atoms with Crippen LogP contribution in [0.1, 0.15) is 66.1 Å². The van der Waals surface area contributed by atoms with Gasteiger partial charge in [-0.15, -0.1) is 0 Å². The van der Waals surface area contributed by atoms with Crippen molar-refractivity contribution >= 4 is 17.3 Å². The fourth-order valence-corrected chi connectivity index (χ4v) is 4.60. The minimum absolute atomic E-state index is 0.00622. The number of nitrogens with zero attached hydrogens (tertiary/aromatic N) is 1. The fourth-order valence-electron chi connectivity index (χ4n) is 4.60. The van der Waals surface area contributed by atoms with E-state index < -0.39 is 0 Å². The van der Waals surface area contributed by atoms with E-state index >= 15 is 0 Å². The molecule has 1 heterocycles. The fraction of sp³-hybridized carbons (Fsp3) is 0.357. The van der Waals surface area contributed by atoms with Gasteiger partial charge >= 0.3 is 0 Å². The van der Waals surface area contributed by atoms with E-state index in [4.69, 9.17) is 4.74 Å². The Morgan fingerprint density at radius 1 is 0.939 bits per heavy atom. The van der Waals surface area contributed by atoms with Crippen LogP contribution in [0.3, 0.4) is 0 Å². The van der Waals surface area contributed by atoms with Crippen LogP contribution >= 0.6 is 0 Å². The SMILES string of the molecule is O=C(NCC1CCCC1)c1ccccc1Nc1ccc(OCc2ccccn2)cc1C1CC1. The van der Waals surface area contributed by atoms with Crippen molar-refractivity contribution < 1.29 is 9.53 Å². The summed E-state index contributed by atoms with van der Waals surface area (Å²) in [6, 6.07) is 19.8. The van der Waals surface area contributed by atoms with Gasteiger partial charge in [0.25, 0.3) is 5.91 Å². The van der Waals surface area contributed by atoms with Crippen LogP contribution in [0, 0.1) is 5.92 Å². The molecule has 2 aliphatic rings. The summed E-state index contributed by atoms with van der Waals surface area (Å²) in [6.45, 7) is 1.21. The number of carbonyl (C=O) groups excluding carboxylic acids is 1. The number of anilines is 2. The molecule has 0 radical (unpaired) electrons. The van der Waals surface area contributed by atoms with Gasteiger partial charge in [-0.2, -0.15) is 0 Å². The molecular formula is C28H31N3O2. The summed E-state index contributed by atoms with van der Waals surface area (Å²) in [5, 5.41) is 6.70. The van der Waals surface area contributed by atoms with Crippen LogP contribution < -0.4 is 15.4 Å². The van der Waals surface area contributed by atoms with Gasteiger partial charge < -0.3 is 15.4 Å². The topological polar surface area (TPSA) is 63.2 Å². The molecule has 0 unspecified atom stereocenters. The summed E-state index contributed by atoms with van der Waals surface area (Å²) in [6.07, 6.45) is 9.15. The smallest absolute Gasteiger partial charge is 0.253 e. The molecule has 170 valence electrons. The third-order valence-electron chi connectivity index (χ3n) is 6.62. The van der Waals surface area contributed by atoms with Crippen molar-refractivity contribution in [3.8, 4) is 5.75 Å². The molecule has 5 rings (SSSR count). The highest BCUT2D eigenvalue weighted by Crippen LogP contribution is 2.45. The predicted molar refractivity (Wildman–Crippen MR) is 131 cm³/mol. The van der Waals surface area contributed by atoms with Crippen LogP contribution in [0.5, 0.6) is 5.75 Å². The first kappa shape index (κ1) is 21.5. The number of pyridine rings is 1. The largest absolute Gasteiger partial charge is 0.487 e. The molecule has 0 bridgehead atoms. The Kier molecular flexibility index (Phi) is 6.56. The predicted octanol–water partition coefficient (Wildman–Crippen LogP) is 6.20. The zero-order chi connectivity index (χ0) is 22.5. The summed E-state index contributed by atoms with van der Waals surface area (Å²) in [4.78, 5) is 17.3. The van der Waals surface area contributed by atoms with E-state index in [0.717, 1.165) is 29.4 Å². The second-order valence-corrected chi connectivity index (χ2v) is 9.16. The first-order valence-corrected chi connectivity index (χ1v) is 12.1. The highest BCUT2D eigenvalue weighted by atomic mass is 16.5. The Balaban J connectivity index is 1.30. The van der Waals surface area contributed by atoms with Gasteiger partial charge in [0.15, 0.2) is 0 Å². The van der Waals surface area contributed by atoms with E-state index in [0.29, 0.717) is 24.0 Å². The zero-order valence-electron chi connectivity index (χ0n) is 18.9. The molecule has 1 aromatic heterocycles. The summed E-state index contributed by atoms with van der Waals surface area (Å²) in [5.74, 6) is 1.99. The van der Waals surface area contributed by atoms with Crippen LogP contribution in [-0.2, 0) is 6.61 Å². The van der Waals surface area contributed by atoms with Gasteiger partial charge in [-0.3, -0.25) is 9.78 Å². The second-order valence-electron chi connectivity index (χ2n) is 9.16. The standard InChI is InChI=1S/C28H31N3O2/c32-28(30-18-20-7-1-2-8-20)24-10-3-4-11-26(24)31-27-15-14-23(17-25(27)21-12-13-21)33-19-22-9-5-6-16-29-22/h3-6,9-11,14-17,20-21,31H,1-2,7-8,12-13,18-19H2,(H,30,32). The number of nitrogens with one attached hydrogen (secondary N) is 2. The lowest BCUT2D eigenvalue weighted by atomic mass is 10.1. The summed E-state index contributed by atoms with van der Waals surface area (Å²) in [7, 11) is 0. The van der Waals surface area contributed by atoms with Crippen molar-refractivity contribution in [3.05, 3.63) is 83.7 Å². The van der Waals surface area contributed by atoms with Crippen LogP contribution in [0.2, 0.25) is 0 Å². The van der Waals surface area contributed by atoms with Gasteiger partial charge in [-0.25, -0.2) is 0 Å². The van der Waals surface area contributed by atoms with Gasteiger partial charge in [0.05, 0.1) is 16.9 Å². The average Bonchev–Trinajstić information content (AvgIpc) is 3.57. The van der Waals surface area contributed by atoms with E-state index in [-0.39, 0.29) is 5.91 Å². The monoisotopic (exact) mass is 441 g/mol. The number of amides is 1. The number of hydrogen-bond acceptors (Lipinski definition) is 4. The third kappa shape index (κ3) is 5.54. The van der Waals surface area contributed by atoms with Crippen LogP contribution in [0.15, 0.2) is 66.9 Å². The molecule has 2 saturated carbocycles. The maximum absolute atomic E-state index is 12.9. The number of ether oxygens (including phenoxy) is 1. The van der Waals surface area contributed by atoms with E-state index in [9.17, 15) is 4.79 Å². The van der Waals surface area contributed by atoms with Crippen molar-refractivity contribution in [2.24, 2.45) is 5.92 Å². The second kappa shape index (κ2) is 10.1. The highest BCUT2D eigenvalue weighted by molar-refractivity contribution is 6.00. The van der Waals surface area contributed by atoms with E-state index in [1.807, 2.05) is 48.5 Å². The molecule has 0 atom stereocenters. The van der Waals surface area contributed by atoms with Crippen molar-refractivity contribution in [2.45, 2.75) is 51.0 Å². The number of carbonyl (C=O) groups is 1. The number of benzene rings is 2. The van der Waals surface area contributed by atoms with E-state index in [1.54, 1.807) is 6.20 Å². The zero-order valence-corrected chi connectivity index (χ0v) is 18.9. The maximum atomic E-state index is 12.9. The van der Waals surface area contributed by atoms with E-state index in [1.165, 1.54) is 44.1 Å². The van der Waals surface area contributed by atoms with Crippen molar-refractivity contribution in [1.29, 1.82) is 0 Å². The van der Waals surface area contributed by atoms with Crippen molar-refractivity contribution in [3.63, 3.8) is 0 Å². The summed E-state index contributed by atoms with van der Waals surface area (Å²) in [5.41, 5.74) is 4.72. The minimum Gasteiger partial charge on any atom is -0.487 e. The number of rotatable bonds is 9. The molecule has 2 N–H and O–H groups in total. The lowest BCUT2D eigenvalue weighted by molar-refractivity contribution is 0.0948. The van der Waals surface area contributed by atoms with Crippen LogP contribution in [0.4, 0.5) is 11.4 Å². The molecule has 3 aromatic rings. The molecular weight excluding hydrogens is 410 g/mol. The lowest BCUT2D eigenvalue weighted by Gasteiger charge is -2.17. The Morgan fingerprint density at radius 2 is 1.76 bits per heavy atom. The molecule has 0 saturated heterocycles. The Hall–Kier alpha value is -3.34. The Bertz CT molecular complexity index is 1090. The number of hydrogen-bond donors (Lipinski definition) is 2. The van der Waals surface area contributed by atoms with E-state index in [2.05, 4.69) is 27.8 Å². The van der Waals surface area contributed by atoms with Crippen molar-refractivity contribution in [2.75, 3.05) is 11.9 Å². The van der Waals surface area contributed by atoms with Gasteiger partial charge in [0, 0.05) is 18.4 Å². The number of aromatic nitrogens is 1. The summed E-state index contributed by atoms with van der Waals surface area (Å²) < 4.78 is 6.00. The van der Waals surface area contributed by atoms with Crippen molar-refractivity contribution in [1.82, 2.24) is 10.3 Å². The molecule has 0 spiro atoms.